The van der Waals surface area contributed by atoms with Gasteiger partial charge in [0.25, 0.3) is 0 Å². The van der Waals surface area contributed by atoms with Crippen molar-refractivity contribution in [1.82, 2.24) is 19.3 Å². The number of imidazole rings is 1. The summed E-state index contributed by atoms with van der Waals surface area (Å²) in [6, 6.07) is 0. The van der Waals surface area contributed by atoms with Crippen LogP contribution in [0.5, 0.6) is 0 Å². The standard InChI is InChI=1S/C8H6ClF2N5O2/c9-5-3-14(13-7(5)16(17)18)4-6-12-1-2-15(6)8(10)11/h1-3,8H,4H2. The van der Waals surface area contributed by atoms with Gasteiger partial charge in [-0.1, -0.05) is 11.6 Å². The summed E-state index contributed by atoms with van der Waals surface area (Å²) in [5.41, 5.74) is 0. The third kappa shape index (κ3) is 2.30. The molecule has 2 aromatic rings. The summed E-state index contributed by atoms with van der Waals surface area (Å²) in [5, 5.41) is 13.9. The smallest absolute Gasteiger partial charge is 0.358 e. The van der Waals surface area contributed by atoms with Crippen molar-refractivity contribution in [3.63, 3.8) is 0 Å². The predicted molar refractivity (Wildman–Crippen MR) is 56.5 cm³/mol. The Balaban J connectivity index is 2.26. The lowest BCUT2D eigenvalue weighted by molar-refractivity contribution is -0.389. The van der Waals surface area contributed by atoms with E-state index in [2.05, 4.69) is 10.1 Å². The van der Waals surface area contributed by atoms with Gasteiger partial charge in [-0.05, 0) is 4.92 Å². The third-order valence-corrected chi connectivity index (χ3v) is 2.40. The van der Waals surface area contributed by atoms with Gasteiger partial charge in [0.05, 0.1) is 11.3 Å². The Morgan fingerprint density at radius 1 is 1.56 bits per heavy atom. The van der Waals surface area contributed by atoms with Crippen LogP contribution in [0.3, 0.4) is 0 Å². The quantitative estimate of drug-likeness (QED) is 0.633. The van der Waals surface area contributed by atoms with Crippen LogP contribution >= 0.6 is 11.6 Å². The van der Waals surface area contributed by atoms with Crippen molar-refractivity contribution in [2.75, 3.05) is 0 Å². The lowest BCUT2D eigenvalue weighted by Crippen LogP contribution is -2.09. The summed E-state index contributed by atoms with van der Waals surface area (Å²) in [7, 11) is 0. The minimum Gasteiger partial charge on any atom is -0.358 e. The van der Waals surface area contributed by atoms with E-state index in [0.717, 1.165) is 10.9 Å². The molecule has 0 unspecified atom stereocenters. The monoisotopic (exact) mass is 277 g/mol. The summed E-state index contributed by atoms with van der Waals surface area (Å²) in [5.74, 6) is -0.495. The van der Waals surface area contributed by atoms with Crippen LogP contribution in [-0.4, -0.2) is 24.3 Å². The second-order valence-electron chi connectivity index (χ2n) is 3.28. The summed E-state index contributed by atoms with van der Waals surface area (Å²) >= 11 is 5.58. The van der Waals surface area contributed by atoms with Gasteiger partial charge in [0.15, 0.2) is 5.02 Å². The van der Waals surface area contributed by atoms with Crippen molar-refractivity contribution in [1.29, 1.82) is 0 Å². The molecule has 18 heavy (non-hydrogen) atoms. The highest BCUT2D eigenvalue weighted by Crippen LogP contribution is 2.22. The van der Waals surface area contributed by atoms with Crippen LogP contribution in [0.25, 0.3) is 0 Å². The molecule has 0 spiro atoms. The number of hydrogen-bond donors (Lipinski definition) is 0. The zero-order valence-corrected chi connectivity index (χ0v) is 9.46. The van der Waals surface area contributed by atoms with Crippen molar-refractivity contribution < 1.29 is 13.7 Å². The van der Waals surface area contributed by atoms with E-state index in [1.165, 1.54) is 12.4 Å². The van der Waals surface area contributed by atoms with Crippen molar-refractivity contribution >= 4 is 17.4 Å². The topological polar surface area (TPSA) is 78.8 Å². The molecule has 0 radical (unpaired) electrons. The maximum atomic E-state index is 12.5. The molecule has 7 nitrogen and oxygen atoms in total. The fourth-order valence-electron chi connectivity index (χ4n) is 1.38. The molecule has 0 aliphatic carbocycles. The largest absolute Gasteiger partial charge is 0.408 e. The fraction of sp³-hybridized carbons (Fsp3) is 0.250. The molecule has 0 N–H and O–H groups in total. The van der Waals surface area contributed by atoms with Crippen LogP contribution in [0.15, 0.2) is 18.6 Å². The Labute approximate surface area is 104 Å². The number of hydrogen-bond acceptors (Lipinski definition) is 4. The first kappa shape index (κ1) is 12.4. The first-order valence-corrected chi connectivity index (χ1v) is 5.04. The van der Waals surface area contributed by atoms with E-state index in [-0.39, 0.29) is 17.4 Å². The molecule has 0 aliphatic heterocycles. The second kappa shape index (κ2) is 4.69. The van der Waals surface area contributed by atoms with E-state index >= 15 is 0 Å². The molecule has 0 saturated heterocycles. The van der Waals surface area contributed by atoms with Gasteiger partial charge >= 0.3 is 12.4 Å². The van der Waals surface area contributed by atoms with Crippen LogP contribution in [0, 0.1) is 10.1 Å². The zero-order chi connectivity index (χ0) is 13.3. The molecular formula is C8H6ClF2N5O2. The Morgan fingerprint density at radius 2 is 2.28 bits per heavy atom. The molecule has 0 atom stereocenters. The lowest BCUT2D eigenvalue weighted by Gasteiger charge is -2.04. The van der Waals surface area contributed by atoms with Gasteiger partial charge in [-0.25, -0.2) is 4.98 Å². The molecule has 0 bridgehead atoms. The van der Waals surface area contributed by atoms with Gasteiger partial charge in [0.2, 0.25) is 0 Å². The summed E-state index contributed by atoms with van der Waals surface area (Å²) in [6.07, 6.45) is 3.50. The predicted octanol–water partition coefficient (Wildman–Crippen LogP) is 2.08. The van der Waals surface area contributed by atoms with E-state index in [1.807, 2.05) is 0 Å². The highest BCUT2D eigenvalue weighted by Gasteiger charge is 2.20. The van der Waals surface area contributed by atoms with E-state index in [0.29, 0.717) is 4.57 Å². The molecule has 0 aromatic carbocycles. The number of nitro groups is 1. The van der Waals surface area contributed by atoms with Crippen LogP contribution in [0.2, 0.25) is 5.02 Å². The average Bonchev–Trinajstić information content (AvgIpc) is 2.85. The van der Waals surface area contributed by atoms with Gasteiger partial charge in [0.1, 0.15) is 12.4 Å². The van der Waals surface area contributed by atoms with Gasteiger partial charge < -0.3 is 10.1 Å². The van der Waals surface area contributed by atoms with Crippen LogP contribution in [-0.2, 0) is 6.54 Å². The van der Waals surface area contributed by atoms with Crippen molar-refractivity contribution in [3.8, 4) is 0 Å². The Hall–Kier alpha value is -2.03. The highest BCUT2D eigenvalue weighted by molar-refractivity contribution is 6.32. The molecule has 0 amide bonds. The van der Waals surface area contributed by atoms with Gasteiger partial charge in [-0.15, -0.1) is 0 Å². The summed E-state index contributed by atoms with van der Waals surface area (Å²) in [4.78, 5) is 13.5. The first-order valence-electron chi connectivity index (χ1n) is 4.66. The molecule has 2 aromatic heterocycles. The summed E-state index contributed by atoms with van der Waals surface area (Å²) in [6.45, 7) is -2.87. The van der Waals surface area contributed by atoms with Crippen LogP contribution < -0.4 is 0 Å². The molecule has 0 saturated carbocycles. The van der Waals surface area contributed by atoms with Crippen LogP contribution in [0.4, 0.5) is 14.6 Å². The lowest BCUT2D eigenvalue weighted by atomic mass is 10.6. The van der Waals surface area contributed by atoms with Crippen molar-refractivity contribution in [3.05, 3.63) is 39.6 Å². The number of aromatic nitrogens is 4. The van der Waals surface area contributed by atoms with E-state index < -0.39 is 17.3 Å². The third-order valence-electron chi connectivity index (χ3n) is 2.13. The van der Waals surface area contributed by atoms with Gasteiger partial charge in [-0.3, -0.25) is 4.57 Å². The minimum atomic E-state index is -2.73. The van der Waals surface area contributed by atoms with Gasteiger partial charge in [0, 0.05) is 12.4 Å². The summed E-state index contributed by atoms with van der Waals surface area (Å²) < 4.78 is 26.8. The Kier molecular flexibility index (Phi) is 3.24. The maximum absolute atomic E-state index is 12.5. The average molecular weight is 278 g/mol. The molecule has 2 rings (SSSR count). The first-order chi connectivity index (χ1) is 8.49. The minimum absolute atomic E-state index is 0.0269. The number of alkyl halides is 2. The maximum Gasteiger partial charge on any atom is 0.408 e. The molecule has 0 fully saturated rings. The molecule has 0 aliphatic rings. The number of halogens is 3. The van der Waals surface area contributed by atoms with Crippen molar-refractivity contribution in [2.45, 2.75) is 13.1 Å². The molecular weight excluding hydrogens is 272 g/mol. The second-order valence-corrected chi connectivity index (χ2v) is 3.69. The number of nitrogens with zero attached hydrogens (tertiary/aromatic N) is 5. The Morgan fingerprint density at radius 3 is 2.83 bits per heavy atom. The van der Waals surface area contributed by atoms with Gasteiger partial charge in [-0.2, -0.15) is 13.5 Å². The Bertz CT molecular complexity index is 582. The highest BCUT2D eigenvalue weighted by atomic mass is 35.5. The van der Waals surface area contributed by atoms with Crippen molar-refractivity contribution in [2.24, 2.45) is 0 Å². The molecule has 2 heterocycles. The van der Waals surface area contributed by atoms with E-state index in [1.54, 1.807) is 0 Å². The molecule has 10 heteroatoms. The molecule has 96 valence electrons. The van der Waals surface area contributed by atoms with Crippen LogP contribution in [0.1, 0.15) is 12.4 Å². The fourth-order valence-corrected chi connectivity index (χ4v) is 1.60. The van der Waals surface area contributed by atoms with E-state index in [9.17, 15) is 18.9 Å². The normalized spacial score (nSPS) is 11.1. The van der Waals surface area contributed by atoms with E-state index in [4.69, 9.17) is 11.6 Å². The zero-order valence-electron chi connectivity index (χ0n) is 8.70. The SMILES string of the molecule is O=[N+]([O-])c1nn(Cc2nccn2C(F)F)cc1Cl. The number of rotatable bonds is 4.